The largest absolute Gasteiger partial charge is 0.507 e. The van der Waals surface area contributed by atoms with E-state index in [1.165, 1.54) is 5.01 Å². The van der Waals surface area contributed by atoms with Crippen molar-refractivity contribution < 1.29 is 5.11 Å². The lowest BCUT2D eigenvalue weighted by Gasteiger charge is -2.12. The quantitative estimate of drug-likeness (QED) is 0.573. The van der Waals surface area contributed by atoms with E-state index in [1.54, 1.807) is 13.1 Å². The molecule has 0 radical (unpaired) electrons. The maximum absolute atomic E-state index is 10.0. The van der Waals surface area contributed by atoms with Gasteiger partial charge in [-0.2, -0.15) is 0 Å². The Hall–Kier alpha value is -2.85. The zero-order valence-electron chi connectivity index (χ0n) is 12.3. The molecule has 0 spiro atoms. The van der Waals surface area contributed by atoms with Crippen LogP contribution in [0.2, 0.25) is 0 Å². The standard InChI is InChI=1S/C18H17N3O/c1-21(19)16-11-8-14(18(22)12-16)7-10-15-9-6-13-4-2-3-5-17(13)20-15/h2-12,22H,19H2,1H3/b10-7+. The Morgan fingerprint density at radius 1 is 1.05 bits per heavy atom. The maximum Gasteiger partial charge on any atom is 0.124 e. The summed E-state index contributed by atoms with van der Waals surface area (Å²) in [6, 6.07) is 17.3. The third-order valence-electron chi connectivity index (χ3n) is 3.47. The highest BCUT2D eigenvalue weighted by atomic mass is 16.3. The molecule has 1 aromatic heterocycles. The summed E-state index contributed by atoms with van der Waals surface area (Å²) >= 11 is 0. The summed E-state index contributed by atoms with van der Waals surface area (Å²) in [6.07, 6.45) is 3.72. The molecule has 0 bridgehead atoms. The number of phenols is 1. The van der Waals surface area contributed by atoms with E-state index >= 15 is 0 Å². The number of hydrogen-bond donors (Lipinski definition) is 2. The van der Waals surface area contributed by atoms with E-state index in [1.807, 2.05) is 60.7 Å². The average Bonchev–Trinajstić information content (AvgIpc) is 2.53. The van der Waals surface area contributed by atoms with E-state index in [0.717, 1.165) is 27.8 Å². The third kappa shape index (κ3) is 2.92. The van der Waals surface area contributed by atoms with Crippen LogP contribution in [0.3, 0.4) is 0 Å². The van der Waals surface area contributed by atoms with Crippen molar-refractivity contribution in [3.63, 3.8) is 0 Å². The molecule has 0 saturated carbocycles. The first-order valence-electron chi connectivity index (χ1n) is 6.99. The van der Waals surface area contributed by atoms with Crippen LogP contribution in [-0.4, -0.2) is 17.1 Å². The van der Waals surface area contributed by atoms with Crippen molar-refractivity contribution in [3.05, 3.63) is 65.9 Å². The molecule has 4 nitrogen and oxygen atoms in total. The number of phenolic OH excluding ortho intramolecular Hbond substituents is 1. The molecular formula is C18H17N3O. The topological polar surface area (TPSA) is 62.4 Å². The molecule has 1 heterocycles. The highest BCUT2D eigenvalue weighted by Gasteiger charge is 2.02. The van der Waals surface area contributed by atoms with Crippen molar-refractivity contribution in [1.82, 2.24) is 4.98 Å². The zero-order chi connectivity index (χ0) is 15.5. The highest BCUT2D eigenvalue weighted by molar-refractivity contribution is 5.81. The third-order valence-corrected chi connectivity index (χ3v) is 3.47. The predicted octanol–water partition coefficient (Wildman–Crippen LogP) is 3.42. The second kappa shape index (κ2) is 5.87. The second-order valence-corrected chi connectivity index (χ2v) is 5.12. The van der Waals surface area contributed by atoms with Gasteiger partial charge in [-0.1, -0.05) is 24.3 Å². The molecule has 22 heavy (non-hydrogen) atoms. The first-order valence-corrected chi connectivity index (χ1v) is 6.99. The first-order chi connectivity index (χ1) is 10.6. The molecule has 0 atom stereocenters. The van der Waals surface area contributed by atoms with E-state index in [4.69, 9.17) is 5.84 Å². The minimum absolute atomic E-state index is 0.187. The molecule has 3 rings (SSSR count). The lowest BCUT2D eigenvalue weighted by Crippen LogP contribution is -2.24. The van der Waals surface area contributed by atoms with Gasteiger partial charge >= 0.3 is 0 Å². The summed E-state index contributed by atoms with van der Waals surface area (Å²) in [7, 11) is 1.73. The van der Waals surface area contributed by atoms with Gasteiger partial charge < -0.3 is 10.1 Å². The number of rotatable bonds is 3. The molecule has 110 valence electrons. The van der Waals surface area contributed by atoms with Gasteiger partial charge in [-0.3, -0.25) is 0 Å². The molecule has 0 unspecified atom stereocenters. The number of nitrogens with zero attached hydrogens (tertiary/aromatic N) is 2. The van der Waals surface area contributed by atoms with E-state index in [-0.39, 0.29) is 5.75 Å². The zero-order valence-corrected chi connectivity index (χ0v) is 12.3. The number of fused-ring (bicyclic) bond motifs is 1. The molecule has 3 aromatic rings. The number of para-hydroxylation sites is 1. The Labute approximate surface area is 129 Å². The molecule has 0 amide bonds. The molecule has 3 N–H and O–H groups in total. The number of hydrazine groups is 1. The molecule has 0 fully saturated rings. The van der Waals surface area contributed by atoms with Crippen molar-refractivity contribution in [1.29, 1.82) is 0 Å². The monoisotopic (exact) mass is 291 g/mol. The summed E-state index contributed by atoms with van der Waals surface area (Å²) in [5.74, 6) is 5.83. The van der Waals surface area contributed by atoms with Gasteiger partial charge in [-0.15, -0.1) is 0 Å². The van der Waals surface area contributed by atoms with Crippen LogP contribution in [0.5, 0.6) is 5.75 Å². The minimum atomic E-state index is 0.187. The molecular weight excluding hydrogens is 274 g/mol. The van der Waals surface area contributed by atoms with Crippen LogP contribution < -0.4 is 10.9 Å². The fourth-order valence-electron chi connectivity index (χ4n) is 2.24. The fraction of sp³-hybridized carbons (Fsp3) is 0.0556. The van der Waals surface area contributed by atoms with Crippen molar-refractivity contribution in [2.24, 2.45) is 5.84 Å². The highest BCUT2D eigenvalue weighted by Crippen LogP contribution is 2.25. The van der Waals surface area contributed by atoms with E-state index < -0.39 is 0 Å². The SMILES string of the molecule is CN(N)c1ccc(/C=C/c2ccc3ccccc3n2)c(O)c1. The summed E-state index contributed by atoms with van der Waals surface area (Å²) in [6.45, 7) is 0. The second-order valence-electron chi connectivity index (χ2n) is 5.12. The van der Waals surface area contributed by atoms with Crippen LogP contribution >= 0.6 is 0 Å². The normalized spacial score (nSPS) is 11.2. The van der Waals surface area contributed by atoms with Crippen molar-refractivity contribution >= 4 is 28.7 Å². The molecule has 4 heteroatoms. The van der Waals surface area contributed by atoms with E-state index in [0.29, 0.717) is 0 Å². The first kappa shape index (κ1) is 14.1. The Balaban J connectivity index is 1.89. The fourth-order valence-corrected chi connectivity index (χ4v) is 2.24. The minimum Gasteiger partial charge on any atom is -0.507 e. The van der Waals surface area contributed by atoms with Crippen LogP contribution in [0.4, 0.5) is 5.69 Å². The van der Waals surface area contributed by atoms with Gasteiger partial charge in [-0.05, 0) is 36.4 Å². The lowest BCUT2D eigenvalue weighted by atomic mass is 10.1. The van der Waals surface area contributed by atoms with Gasteiger partial charge in [-0.25, -0.2) is 10.8 Å². The number of benzene rings is 2. The van der Waals surface area contributed by atoms with E-state index in [2.05, 4.69) is 4.98 Å². The van der Waals surface area contributed by atoms with Gasteiger partial charge in [0.1, 0.15) is 5.75 Å². The summed E-state index contributed by atoms with van der Waals surface area (Å²) < 4.78 is 0. The molecule has 2 aromatic carbocycles. The molecule has 0 aliphatic rings. The van der Waals surface area contributed by atoms with Gasteiger partial charge in [0.05, 0.1) is 16.9 Å². The predicted molar refractivity (Wildman–Crippen MR) is 91.4 cm³/mol. The van der Waals surface area contributed by atoms with Crippen LogP contribution in [-0.2, 0) is 0 Å². The Morgan fingerprint density at radius 3 is 2.64 bits per heavy atom. The van der Waals surface area contributed by atoms with Crippen molar-refractivity contribution in [3.8, 4) is 5.75 Å². The summed E-state index contributed by atoms with van der Waals surface area (Å²) in [4.78, 5) is 4.57. The van der Waals surface area contributed by atoms with Gasteiger partial charge in [0.15, 0.2) is 0 Å². The van der Waals surface area contributed by atoms with Crippen molar-refractivity contribution in [2.45, 2.75) is 0 Å². The van der Waals surface area contributed by atoms with E-state index in [9.17, 15) is 5.11 Å². The number of nitrogens with two attached hydrogens (primary N) is 1. The summed E-state index contributed by atoms with van der Waals surface area (Å²) in [5, 5.41) is 12.6. The number of aromatic nitrogens is 1. The van der Waals surface area contributed by atoms with Crippen LogP contribution in [0.15, 0.2) is 54.6 Å². The molecule has 0 aliphatic heterocycles. The number of pyridine rings is 1. The summed E-state index contributed by atoms with van der Waals surface area (Å²) in [5.41, 5.74) is 3.27. The van der Waals surface area contributed by atoms with Crippen molar-refractivity contribution in [2.75, 3.05) is 12.1 Å². The van der Waals surface area contributed by atoms with Gasteiger partial charge in [0.2, 0.25) is 0 Å². The van der Waals surface area contributed by atoms with Crippen LogP contribution in [0, 0.1) is 0 Å². The Morgan fingerprint density at radius 2 is 1.86 bits per heavy atom. The number of hydrogen-bond acceptors (Lipinski definition) is 4. The number of aromatic hydroxyl groups is 1. The average molecular weight is 291 g/mol. The molecule has 0 saturated heterocycles. The van der Waals surface area contributed by atoms with Gasteiger partial charge in [0, 0.05) is 24.1 Å². The molecule has 0 aliphatic carbocycles. The lowest BCUT2D eigenvalue weighted by molar-refractivity contribution is 0.474. The van der Waals surface area contributed by atoms with Crippen LogP contribution in [0.25, 0.3) is 23.1 Å². The van der Waals surface area contributed by atoms with Gasteiger partial charge in [0.25, 0.3) is 0 Å². The van der Waals surface area contributed by atoms with Crippen LogP contribution in [0.1, 0.15) is 11.3 Å². The Bertz CT molecular complexity index is 841. The number of anilines is 1. The Kier molecular flexibility index (Phi) is 3.76. The smallest absolute Gasteiger partial charge is 0.124 e. The maximum atomic E-state index is 10.0.